The number of nitrogens with one attached hydrogen (secondary N) is 2. The number of nitrogens with zero attached hydrogens (tertiary/aromatic N) is 1. The van der Waals surface area contributed by atoms with E-state index in [1.165, 1.54) is 10.6 Å². The van der Waals surface area contributed by atoms with Crippen molar-refractivity contribution in [1.29, 1.82) is 0 Å². The summed E-state index contributed by atoms with van der Waals surface area (Å²) >= 11 is 6.14. The predicted molar refractivity (Wildman–Crippen MR) is 89.9 cm³/mol. The molecule has 1 aromatic carbocycles. The molecule has 2 N–H and O–H groups in total. The van der Waals surface area contributed by atoms with Crippen LogP contribution in [0.2, 0.25) is 5.02 Å². The summed E-state index contributed by atoms with van der Waals surface area (Å²) in [5, 5.41) is 6.67. The molecule has 2 aromatic rings. The van der Waals surface area contributed by atoms with Crippen molar-refractivity contribution in [2.24, 2.45) is 5.92 Å². The van der Waals surface area contributed by atoms with Gasteiger partial charge >= 0.3 is 0 Å². The van der Waals surface area contributed by atoms with Crippen LogP contribution in [-0.2, 0) is 6.54 Å². The van der Waals surface area contributed by atoms with Crippen molar-refractivity contribution in [3.05, 3.63) is 69.1 Å². The molecule has 2 heterocycles. The van der Waals surface area contributed by atoms with Gasteiger partial charge in [-0.1, -0.05) is 29.8 Å². The zero-order chi connectivity index (χ0) is 16.2. The summed E-state index contributed by atoms with van der Waals surface area (Å²) in [6, 6.07) is 10.3. The van der Waals surface area contributed by atoms with Gasteiger partial charge in [0.05, 0.1) is 12.1 Å². The Kier molecular flexibility index (Phi) is 4.79. The van der Waals surface area contributed by atoms with Crippen LogP contribution in [-0.4, -0.2) is 30.1 Å². The van der Waals surface area contributed by atoms with Gasteiger partial charge in [0.25, 0.3) is 11.5 Å². The molecule has 0 unspecified atom stereocenters. The second-order valence-electron chi connectivity index (χ2n) is 5.71. The van der Waals surface area contributed by atoms with Gasteiger partial charge in [0.1, 0.15) is 0 Å². The van der Waals surface area contributed by atoms with Crippen molar-refractivity contribution in [3.8, 4) is 0 Å². The molecule has 6 heteroatoms. The molecule has 1 aliphatic heterocycles. The van der Waals surface area contributed by atoms with Crippen LogP contribution in [0.25, 0.3) is 0 Å². The van der Waals surface area contributed by atoms with Crippen molar-refractivity contribution in [2.75, 3.05) is 19.6 Å². The zero-order valence-corrected chi connectivity index (χ0v) is 13.3. The number of amides is 1. The lowest BCUT2D eigenvalue weighted by Crippen LogP contribution is -2.48. The minimum Gasteiger partial charge on any atom is -0.352 e. The van der Waals surface area contributed by atoms with Crippen LogP contribution in [0.3, 0.4) is 0 Å². The molecule has 5 nitrogen and oxygen atoms in total. The minimum absolute atomic E-state index is 0.162. The van der Waals surface area contributed by atoms with E-state index in [0.29, 0.717) is 29.6 Å². The number of aromatic nitrogens is 1. The fraction of sp³-hybridized carbons (Fsp3) is 0.294. The number of pyridine rings is 1. The van der Waals surface area contributed by atoms with Gasteiger partial charge in [-0.3, -0.25) is 9.59 Å². The van der Waals surface area contributed by atoms with E-state index in [1.54, 1.807) is 18.3 Å². The molecule has 0 bridgehead atoms. The van der Waals surface area contributed by atoms with Crippen LogP contribution < -0.4 is 16.2 Å². The maximum absolute atomic E-state index is 12.2. The lowest BCUT2D eigenvalue weighted by Gasteiger charge is -2.27. The summed E-state index contributed by atoms with van der Waals surface area (Å²) in [4.78, 5) is 24.2. The number of rotatable bonds is 5. The molecule has 1 fully saturated rings. The smallest absolute Gasteiger partial charge is 0.252 e. The van der Waals surface area contributed by atoms with Crippen molar-refractivity contribution >= 4 is 17.5 Å². The van der Waals surface area contributed by atoms with E-state index < -0.39 is 0 Å². The molecular weight excluding hydrogens is 314 g/mol. The first kappa shape index (κ1) is 15.8. The summed E-state index contributed by atoms with van der Waals surface area (Å²) in [6.07, 6.45) is 1.58. The molecular formula is C17H18ClN3O2. The van der Waals surface area contributed by atoms with Crippen molar-refractivity contribution < 1.29 is 4.79 Å². The van der Waals surface area contributed by atoms with Gasteiger partial charge in [0, 0.05) is 42.8 Å². The van der Waals surface area contributed by atoms with E-state index in [-0.39, 0.29) is 11.5 Å². The standard InChI is InChI=1S/C17H18ClN3O2/c18-15-4-2-1-3-13(15)10-21-11-14(5-6-16(21)22)17(23)20-9-12-7-19-8-12/h1-6,11-12,19H,7-10H2,(H,20,23). The van der Waals surface area contributed by atoms with Crippen molar-refractivity contribution in [2.45, 2.75) is 6.54 Å². The lowest BCUT2D eigenvalue weighted by atomic mass is 10.0. The van der Waals surface area contributed by atoms with E-state index >= 15 is 0 Å². The van der Waals surface area contributed by atoms with Gasteiger partial charge in [0.15, 0.2) is 0 Å². The largest absolute Gasteiger partial charge is 0.352 e. The van der Waals surface area contributed by atoms with Gasteiger partial charge in [-0.25, -0.2) is 0 Å². The molecule has 1 saturated heterocycles. The van der Waals surface area contributed by atoms with E-state index in [2.05, 4.69) is 10.6 Å². The average Bonchev–Trinajstić information content (AvgIpc) is 2.50. The molecule has 1 aliphatic rings. The quantitative estimate of drug-likeness (QED) is 0.872. The SMILES string of the molecule is O=C(NCC1CNC1)c1ccc(=O)n(Cc2ccccc2Cl)c1. The van der Waals surface area contributed by atoms with Gasteiger partial charge < -0.3 is 15.2 Å². The molecule has 0 aliphatic carbocycles. The average molecular weight is 332 g/mol. The normalized spacial score (nSPS) is 14.3. The highest BCUT2D eigenvalue weighted by Crippen LogP contribution is 2.15. The van der Waals surface area contributed by atoms with Crippen LogP contribution in [0, 0.1) is 5.92 Å². The molecule has 0 saturated carbocycles. The Balaban J connectivity index is 1.74. The second kappa shape index (κ2) is 6.98. The maximum atomic E-state index is 12.2. The third-order valence-electron chi connectivity index (χ3n) is 3.96. The van der Waals surface area contributed by atoms with Crippen LogP contribution in [0.15, 0.2) is 47.4 Å². The third-order valence-corrected chi connectivity index (χ3v) is 4.33. The number of hydrogen-bond acceptors (Lipinski definition) is 3. The highest BCUT2D eigenvalue weighted by molar-refractivity contribution is 6.31. The lowest BCUT2D eigenvalue weighted by molar-refractivity contribution is 0.0941. The Morgan fingerprint density at radius 2 is 2.04 bits per heavy atom. The van der Waals surface area contributed by atoms with Crippen LogP contribution in [0.5, 0.6) is 0 Å². The van der Waals surface area contributed by atoms with Crippen LogP contribution in [0.1, 0.15) is 15.9 Å². The number of halogens is 1. The Hall–Kier alpha value is -2.11. The molecule has 0 radical (unpaired) electrons. The molecule has 1 amide bonds. The van der Waals surface area contributed by atoms with E-state index in [1.807, 2.05) is 18.2 Å². The number of benzene rings is 1. The number of hydrogen-bond donors (Lipinski definition) is 2. The first-order valence-corrected chi connectivity index (χ1v) is 7.94. The molecule has 0 spiro atoms. The molecule has 120 valence electrons. The second-order valence-corrected chi connectivity index (χ2v) is 6.12. The Morgan fingerprint density at radius 1 is 1.26 bits per heavy atom. The highest BCUT2D eigenvalue weighted by Gasteiger charge is 2.17. The molecule has 3 rings (SSSR count). The van der Waals surface area contributed by atoms with E-state index in [0.717, 1.165) is 18.7 Å². The maximum Gasteiger partial charge on any atom is 0.252 e. The van der Waals surface area contributed by atoms with Gasteiger partial charge in [0.2, 0.25) is 0 Å². The van der Waals surface area contributed by atoms with Gasteiger partial charge in [-0.15, -0.1) is 0 Å². The topological polar surface area (TPSA) is 63.1 Å². The zero-order valence-electron chi connectivity index (χ0n) is 12.6. The minimum atomic E-state index is -0.162. The highest BCUT2D eigenvalue weighted by atomic mass is 35.5. The van der Waals surface area contributed by atoms with E-state index in [9.17, 15) is 9.59 Å². The molecule has 0 atom stereocenters. The Labute approximate surface area is 139 Å². The summed E-state index contributed by atoms with van der Waals surface area (Å²) in [6.45, 7) is 2.86. The van der Waals surface area contributed by atoms with E-state index in [4.69, 9.17) is 11.6 Å². The Morgan fingerprint density at radius 3 is 2.74 bits per heavy atom. The predicted octanol–water partition coefficient (Wildman–Crippen LogP) is 1.50. The fourth-order valence-electron chi connectivity index (χ4n) is 2.43. The first-order chi connectivity index (χ1) is 11.1. The summed E-state index contributed by atoms with van der Waals surface area (Å²) in [5.74, 6) is 0.331. The van der Waals surface area contributed by atoms with Gasteiger partial charge in [-0.2, -0.15) is 0 Å². The van der Waals surface area contributed by atoms with Crippen molar-refractivity contribution in [3.63, 3.8) is 0 Å². The number of carbonyl (C=O) groups is 1. The van der Waals surface area contributed by atoms with Crippen molar-refractivity contribution in [1.82, 2.24) is 15.2 Å². The fourth-order valence-corrected chi connectivity index (χ4v) is 2.63. The summed E-state index contributed by atoms with van der Waals surface area (Å²) < 4.78 is 1.50. The van der Waals surface area contributed by atoms with Crippen LogP contribution in [0.4, 0.5) is 0 Å². The third kappa shape index (κ3) is 3.81. The van der Waals surface area contributed by atoms with Crippen LogP contribution >= 0.6 is 11.6 Å². The first-order valence-electron chi connectivity index (χ1n) is 7.56. The monoisotopic (exact) mass is 331 g/mol. The Bertz CT molecular complexity index is 768. The molecule has 1 aromatic heterocycles. The molecule has 23 heavy (non-hydrogen) atoms. The summed E-state index contributed by atoms with van der Waals surface area (Å²) in [5.41, 5.74) is 1.16. The summed E-state index contributed by atoms with van der Waals surface area (Å²) in [7, 11) is 0. The number of carbonyl (C=O) groups excluding carboxylic acids is 1. The van der Waals surface area contributed by atoms with Gasteiger partial charge in [-0.05, 0) is 17.7 Å².